The molecule has 2 aromatic carbocycles. The van der Waals surface area contributed by atoms with E-state index in [1.165, 1.54) is 10.4 Å². The topological polar surface area (TPSA) is 63.4 Å². The molecule has 0 aliphatic carbocycles. The molecule has 0 aromatic heterocycles. The largest absolute Gasteiger partial charge is 0.389 e. The Morgan fingerprint density at radius 2 is 1.67 bits per heavy atom. The van der Waals surface area contributed by atoms with Crippen molar-refractivity contribution in [3.05, 3.63) is 65.2 Å². The normalized spacial score (nSPS) is 14.9. The number of nitrogens with zero attached hydrogens (tertiary/aromatic N) is 1. The van der Waals surface area contributed by atoms with Gasteiger partial charge in [0, 0.05) is 18.7 Å². The molecule has 0 radical (unpaired) electrons. The van der Waals surface area contributed by atoms with Gasteiger partial charge in [0.25, 0.3) is 0 Å². The number of nitrogens with two attached hydrogens (primary N) is 1. The Kier molecular flexibility index (Phi) is 3.52. The van der Waals surface area contributed by atoms with E-state index < -0.39 is 10.0 Å². The molecule has 4 nitrogen and oxygen atoms in total. The Hall–Kier alpha value is -1.76. The monoisotopic (exact) mass is 318 g/mol. The van der Waals surface area contributed by atoms with Crippen molar-refractivity contribution in [2.75, 3.05) is 0 Å². The zero-order valence-electron chi connectivity index (χ0n) is 11.2. The molecule has 3 rings (SSSR count). The molecule has 0 amide bonds. The minimum Gasteiger partial charge on any atom is -0.389 e. The van der Waals surface area contributed by atoms with Crippen molar-refractivity contribution in [2.24, 2.45) is 5.73 Å². The van der Waals surface area contributed by atoms with Gasteiger partial charge < -0.3 is 5.73 Å². The Morgan fingerprint density at radius 3 is 2.24 bits per heavy atom. The van der Waals surface area contributed by atoms with Crippen LogP contribution in [0, 0.1) is 0 Å². The molecule has 0 saturated heterocycles. The first-order valence-electron chi connectivity index (χ1n) is 6.45. The average Bonchev–Trinajstić information content (AvgIpc) is 2.92. The first kappa shape index (κ1) is 14.2. The van der Waals surface area contributed by atoms with Crippen LogP contribution in [-0.4, -0.2) is 17.7 Å². The summed E-state index contributed by atoms with van der Waals surface area (Å²) in [4.78, 5) is 0.414. The van der Waals surface area contributed by atoms with Crippen molar-refractivity contribution in [2.45, 2.75) is 18.0 Å². The number of sulfonamides is 1. The molecule has 0 atom stereocenters. The fraction of sp³-hybridized carbons (Fsp3) is 0.133. The molecule has 2 N–H and O–H groups in total. The summed E-state index contributed by atoms with van der Waals surface area (Å²) in [6.07, 6.45) is 0. The SMILES string of the molecule is NC(=S)c1cccc(S(=O)(=O)N2Cc3ccccc3C2)c1. The Balaban J connectivity index is 1.96. The lowest BCUT2D eigenvalue weighted by atomic mass is 10.1. The number of rotatable bonds is 3. The lowest BCUT2D eigenvalue weighted by molar-refractivity contribution is 0.431. The van der Waals surface area contributed by atoms with Crippen LogP contribution in [0.3, 0.4) is 0 Å². The lowest BCUT2D eigenvalue weighted by Crippen LogP contribution is -2.26. The zero-order chi connectivity index (χ0) is 15.0. The maximum atomic E-state index is 12.7. The second-order valence-electron chi connectivity index (χ2n) is 4.93. The van der Waals surface area contributed by atoms with Gasteiger partial charge in [0.1, 0.15) is 4.99 Å². The highest BCUT2D eigenvalue weighted by atomic mass is 32.2. The van der Waals surface area contributed by atoms with Crippen molar-refractivity contribution in [1.29, 1.82) is 0 Å². The number of fused-ring (bicyclic) bond motifs is 1. The molecule has 6 heteroatoms. The number of benzene rings is 2. The van der Waals surface area contributed by atoms with E-state index in [-0.39, 0.29) is 9.88 Å². The van der Waals surface area contributed by atoms with E-state index in [4.69, 9.17) is 18.0 Å². The minimum atomic E-state index is -3.54. The van der Waals surface area contributed by atoms with Crippen LogP contribution in [0.15, 0.2) is 53.4 Å². The third kappa shape index (κ3) is 2.57. The second-order valence-corrected chi connectivity index (χ2v) is 7.31. The van der Waals surface area contributed by atoms with E-state index in [1.807, 2.05) is 24.3 Å². The lowest BCUT2D eigenvalue weighted by Gasteiger charge is -2.16. The van der Waals surface area contributed by atoms with Crippen molar-refractivity contribution < 1.29 is 8.42 Å². The summed E-state index contributed by atoms with van der Waals surface area (Å²) < 4.78 is 26.9. The van der Waals surface area contributed by atoms with Gasteiger partial charge in [-0.1, -0.05) is 48.6 Å². The highest BCUT2D eigenvalue weighted by molar-refractivity contribution is 7.89. The first-order valence-corrected chi connectivity index (χ1v) is 8.30. The van der Waals surface area contributed by atoms with E-state index in [9.17, 15) is 8.42 Å². The highest BCUT2D eigenvalue weighted by Crippen LogP contribution is 2.28. The van der Waals surface area contributed by atoms with Gasteiger partial charge in [-0.3, -0.25) is 0 Å². The third-order valence-electron chi connectivity index (χ3n) is 3.57. The van der Waals surface area contributed by atoms with Gasteiger partial charge in [-0.05, 0) is 23.3 Å². The number of thiocarbonyl (C=S) groups is 1. The van der Waals surface area contributed by atoms with Crippen molar-refractivity contribution in [1.82, 2.24) is 4.31 Å². The van der Waals surface area contributed by atoms with Gasteiger partial charge in [0.15, 0.2) is 0 Å². The van der Waals surface area contributed by atoms with Crippen LogP contribution in [0.4, 0.5) is 0 Å². The van der Waals surface area contributed by atoms with Crippen molar-refractivity contribution in [3.63, 3.8) is 0 Å². The molecular formula is C15H14N2O2S2. The Labute approximate surface area is 129 Å². The van der Waals surface area contributed by atoms with E-state index in [2.05, 4.69) is 0 Å². The summed E-state index contributed by atoms with van der Waals surface area (Å²) in [5.74, 6) is 0. The molecule has 1 heterocycles. The summed E-state index contributed by atoms with van der Waals surface area (Å²) >= 11 is 4.91. The minimum absolute atomic E-state index is 0.191. The van der Waals surface area contributed by atoms with Crippen molar-refractivity contribution in [3.8, 4) is 0 Å². The second kappa shape index (κ2) is 5.22. The van der Waals surface area contributed by atoms with Crippen molar-refractivity contribution >= 4 is 27.2 Å². The third-order valence-corrected chi connectivity index (χ3v) is 5.59. The summed E-state index contributed by atoms with van der Waals surface area (Å²) in [5.41, 5.74) is 8.22. The Morgan fingerprint density at radius 1 is 1.05 bits per heavy atom. The molecule has 0 spiro atoms. The first-order chi connectivity index (χ1) is 9.98. The molecule has 1 aliphatic rings. The zero-order valence-corrected chi connectivity index (χ0v) is 12.8. The summed E-state index contributed by atoms with van der Waals surface area (Å²) in [6.45, 7) is 0.797. The molecule has 0 fully saturated rings. The fourth-order valence-corrected chi connectivity index (χ4v) is 4.00. The predicted molar refractivity (Wildman–Crippen MR) is 85.2 cm³/mol. The van der Waals surface area contributed by atoms with Crippen LogP contribution in [0.2, 0.25) is 0 Å². The Bertz CT molecular complexity index is 791. The molecule has 21 heavy (non-hydrogen) atoms. The van der Waals surface area contributed by atoms with Crippen LogP contribution < -0.4 is 5.73 Å². The molecule has 0 saturated carbocycles. The average molecular weight is 318 g/mol. The predicted octanol–water partition coefficient (Wildman–Crippen LogP) is 2.03. The molecule has 0 unspecified atom stereocenters. The van der Waals surface area contributed by atoms with Crippen LogP contribution in [0.25, 0.3) is 0 Å². The molecule has 108 valence electrons. The van der Waals surface area contributed by atoms with Crippen LogP contribution in [0.1, 0.15) is 16.7 Å². The van der Waals surface area contributed by atoms with Gasteiger partial charge in [0.2, 0.25) is 10.0 Å². The van der Waals surface area contributed by atoms with Gasteiger partial charge in [0.05, 0.1) is 4.90 Å². The fourth-order valence-electron chi connectivity index (χ4n) is 2.43. The highest BCUT2D eigenvalue weighted by Gasteiger charge is 2.30. The quantitative estimate of drug-likeness (QED) is 0.880. The van der Waals surface area contributed by atoms with E-state index in [1.54, 1.807) is 18.2 Å². The molecular weight excluding hydrogens is 304 g/mol. The van der Waals surface area contributed by atoms with E-state index >= 15 is 0 Å². The van der Waals surface area contributed by atoms with Gasteiger partial charge in [-0.15, -0.1) is 0 Å². The van der Waals surface area contributed by atoms with Crippen LogP contribution >= 0.6 is 12.2 Å². The molecule has 2 aromatic rings. The maximum Gasteiger partial charge on any atom is 0.243 e. The van der Waals surface area contributed by atoms with Gasteiger partial charge in [-0.2, -0.15) is 4.31 Å². The van der Waals surface area contributed by atoms with Crippen LogP contribution in [0.5, 0.6) is 0 Å². The van der Waals surface area contributed by atoms with E-state index in [0.717, 1.165) is 11.1 Å². The van der Waals surface area contributed by atoms with Crippen LogP contribution in [-0.2, 0) is 23.1 Å². The summed E-state index contributed by atoms with van der Waals surface area (Å²) in [5, 5.41) is 0. The van der Waals surface area contributed by atoms with E-state index in [0.29, 0.717) is 18.7 Å². The molecule has 1 aliphatic heterocycles. The number of hydrogen-bond donors (Lipinski definition) is 1. The maximum absolute atomic E-state index is 12.7. The smallest absolute Gasteiger partial charge is 0.243 e. The summed E-state index contributed by atoms with van der Waals surface area (Å²) in [7, 11) is -3.54. The van der Waals surface area contributed by atoms with Gasteiger partial charge >= 0.3 is 0 Å². The number of hydrogen-bond acceptors (Lipinski definition) is 3. The molecule has 0 bridgehead atoms. The summed E-state index contributed by atoms with van der Waals surface area (Å²) in [6, 6.07) is 14.2. The van der Waals surface area contributed by atoms with Gasteiger partial charge in [-0.25, -0.2) is 8.42 Å². The standard InChI is InChI=1S/C15H14N2O2S2/c16-15(20)11-6-3-7-14(8-11)21(18,19)17-9-12-4-1-2-5-13(12)10-17/h1-8H,9-10H2,(H2,16,20).